The van der Waals surface area contributed by atoms with Gasteiger partial charge in [0.2, 0.25) is 5.13 Å². The van der Waals surface area contributed by atoms with E-state index in [0.29, 0.717) is 22.0 Å². The topological polar surface area (TPSA) is 94.1 Å². The third-order valence-electron chi connectivity index (χ3n) is 3.96. The number of nitrogens with zero attached hydrogens (tertiary/aromatic N) is 3. The maximum Gasteiger partial charge on any atom is 0.266 e. The minimum Gasteiger partial charge on any atom is -0.455 e. The van der Waals surface area contributed by atoms with Gasteiger partial charge in [-0.15, -0.1) is 0 Å². The summed E-state index contributed by atoms with van der Waals surface area (Å²) in [5, 5.41) is 0.340. The summed E-state index contributed by atoms with van der Waals surface area (Å²) in [7, 11) is -4.27. The summed E-state index contributed by atoms with van der Waals surface area (Å²) in [5.74, 6) is -0.815. The number of ether oxygens (including phenoxy) is 1. The van der Waals surface area contributed by atoms with Gasteiger partial charge in [0.1, 0.15) is 28.5 Å². The number of halogens is 3. The zero-order valence-corrected chi connectivity index (χ0v) is 18.4. The normalized spacial score (nSPS) is 11.3. The van der Waals surface area contributed by atoms with Crippen LogP contribution in [-0.2, 0) is 10.0 Å². The maximum absolute atomic E-state index is 14.7. The molecule has 0 aliphatic heterocycles. The van der Waals surface area contributed by atoms with Gasteiger partial charge < -0.3 is 4.74 Å². The van der Waals surface area contributed by atoms with E-state index in [2.05, 4.69) is 19.1 Å². The van der Waals surface area contributed by atoms with E-state index in [0.717, 1.165) is 23.7 Å². The molecule has 1 N–H and O–H groups in total. The van der Waals surface area contributed by atoms with Gasteiger partial charge in [0.05, 0.1) is 10.7 Å². The molecular weight excluding hydrogens is 486 g/mol. The smallest absolute Gasteiger partial charge is 0.266 e. The molecule has 2 aromatic heterocycles. The molecule has 7 nitrogen and oxygen atoms in total. The molecule has 12 heteroatoms. The van der Waals surface area contributed by atoms with Crippen molar-refractivity contribution in [2.24, 2.45) is 0 Å². The van der Waals surface area contributed by atoms with Crippen LogP contribution in [0.2, 0.25) is 10.0 Å². The van der Waals surface area contributed by atoms with Crippen molar-refractivity contribution in [3.63, 3.8) is 0 Å². The van der Waals surface area contributed by atoms with Gasteiger partial charge in [0.15, 0.2) is 0 Å². The summed E-state index contributed by atoms with van der Waals surface area (Å²) < 4.78 is 51.3. The van der Waals surface area contributed by atoms with Crippen LogP contribution >= 0.6 is 34.7 Å². The third kappa shape index (κ3) is 4.77. The first-order valence-electron chi connectivity index (χ1n) is 8.51. The number of hydrogen-bond donors (Lipinski definition) is 1. The molecule has 31 heavy (non-hydrogen) atoms. The fraction of sp³-hybridized carbons (Fsp3) is 0. The van der Waals surface area contributed by atoms with Crippen LogP contribution in [0.15, 0.2) is 66.0 Å². The molecule has 0 aliphatic carbocycles. The van der Waals surface area contributed by atoms with Crippen molar-refractivity contribution >= 4 is 49.9 Å². The Labute approximate surface area is 190 Å². The van der Waals surface area contributed by atoms with E-state index in [1.165, 1.54) is 6.33 Å². The predicted molar refractivity (Wildman–Crippen MR) is 117 cm³/mol. The van der Waals surface area contributed by atoms with Crippen molar-refractivity contribution in [2.45, 2.75) is 4.90 Å². The SMILES string of the molecule is O=S(=O)(Nc1ncns1)c1cc(Cl)c(Oc2ccc(Cl)cc2-c2ccccn2)cc1F. The Balaban J connectivity index is 1.69. The van der Waals surface area contributed by atoms with Crippen LogP contribution in [0.5, 0.6) is 11.5 Å². The molecule has 0 fully saturated rings. The Morgan fingerprint density at radius 2 is 1.87 bits per heavy atom. The van der Waals surface area contributed by atoms with E-state index in [1.54, 1.807) is 42.6 Å². The first kappa shape index (κ1) is 21.4. The lowest BCUT2D eigenvalue weighted by atomic mass is 10.1. The molecule has 2 aromatic carbocycles. The van der Waals surface area contributed by atoms with Crippen LogP contribution in [0.25, 0.3) is 11.3 Å². The lowest BCUT2D eigenvalue weighted by Gasteiger charge is -2.14. The largest absolute Gasteiger partial charge is 0.455 e. The molecule has 158 valence electrons. The Kier molecular flexibility index (Phi) is 6.05. The van der Waals surface area contributed by atoms with Crippen LogP contribution < -0.4 is 9.46 Å². The van der Waals surface area contributed by atoms with E-state index in [-0.39, 0.29) is 15.9 Å². The van der Waals surface area contributed by atoms with Gasteiger partial charge in [-0.05, 0) is 36.4 Å². The van der Waals surface area contributed by atoms with Crippen molar-refractivity contribution < 1.29 is 17.5 Å². The molecule has 0 amide bonds. The van der Waals surface area contributed by atoms with Crippen LogP contribution in [0.3, 0.4) is 0 Å². The molecule has 4 aromatic rings. The second-order valence-electron chi connectivity index (χ2n) is 6.02. The fourth-order valence-electron chi connectivity index (χ4n) is 2.61. The molecular formula is C19H11Cl2FN4O3S2. The number of sulfonamides is 1. The predicted octanol–water partition coefficient (Wildman–Crippen LogP) is 5.64. The van der Waals surface area contributed by atoms with E-state index in [1.807, 2.05) is 0 Å². The number of benzene rings is 2. The molecule has 0 bridgehead atoms. The zero-order chi connectivity index (χ0) is 22.0. The van der Waals surface area contributed by atoms with Crippen molar-refractivity contribution in [3.05, 3.63) is 76.9 Å². The fourth-order valence-corrected chi connectivity index (χ4v) is 4.80. The number of pyridine rings is 1. The maximum atomic E-state index is 14.7. The monoisotopic (exact) mass is 496 g/mol. The van der Waals surface area contributed by atoms with Crippen LogP contribution in [-0.4, -0.2) is 22.8 Å². The van der Waals surface area contributed by atoms with Gasteiger partial charge in [-0.3, -0.25) is 9.71 Å². The third-order valence-corrected chi connectivity index (χ3v) is 6.56. The molecule has 0 saturated heterocycles. The summed E-state index contributed by atoms with van der Waals surface area (Å²) in [6.45, 7) is 0. The van der Waals surface area contributed by atoms with E-state index >= 15 is 0 Å². The second-order valence-corrected chi connectivity index (χ2v) is 9.30. The highest BCUT2D eigenvalue weighted by molar-refractivity contribution is 7.93. The van der Waals surface area contributed by atoms with Crippen molar-refractivity contribution in [3.8, 4) is 22.8 Å². The second kappa shape index (κ2) is 8.75. The molecule has 0 saturated carbocycles. The number of aromatic nitrogens is 3. The van der Waals surface area contributed by atoms with Gasteiger partial charge in [-0.1, -0.05) is 29.3 Å². The number of anilines is 1. The van der Waals surface area contributed by atoms with E-state index in [9.17, 15) is 12.8 Å². The molecule has 0 aliphatic rings. The minimum absolute atomic E-state index is 0.00276. The minimum atomic E-state index is -4.27. The Bertz CT molecular complexity index is 1340. The standard InChI is InChI=1S/C19H11Cl2FN4O3S2/c20-11-4-5-16(12(7-11)15-3-1-2-6-23-15)29-17-9-14(22)18(8-13(17)21)31(27,28)26-19-24-10-25-30-19/h1-10H,(H,24,25,26). The molecule has 0 radical (unpaired) electrons. The van der Waals surface area contributed by atoms with E-state index in [4.69, 9.17) is 27.9 Å². The van der Waals surface area contributed by atoms with Gasteiger partial charge in [-0.25, -0.2) is 17.8 Å². The first-order chi connectivity index (χ1) is 14.8. The van der Waals surface area contributed by atoms with E-state index < -0.39 is 20.7 Å². The Morgan fingerprint density at radius 3 is 2.58 bits per heavy atom. The number of rotatable bonds is 6. The highest BCUT2D eigenvalue weighted by Gasteiger charge is 2.24. The highest BCUT2D eigenvalue weighted by atomic mass is 35.5. The van der Waals surface area contributed by atoms with Crippen LogP contribution in [0.1, 0.15) is 0 Å². The number of nitrogens with one attached hydrogen (secondary N) is 1. The van der Waals surface area contributed by atoms with Gasteiger partial charge in [-0.2, -0.15) is 4.37 Å². The molecule has 4 rings (SSSR count). The zero-order valence-electron chi connectivity index (χ0n) is 15.3. The number of hydrogen-bond acceptors (Lipinski definition) is 7. The Morgan fingerprint density at radius 1 is 1.03 bits per heavy atom. The first-order valence-corrected chi connectivity index (χ1v) is 11.5. The van der Waals surface area contributed by atoms with Crippen molar-refractivity contribution in [1.29, 1.82) is 0 Å². The van der Waals surface area contributed by atoms with Crippen molar-refractivity contribution in [1.82, 2.24) is 14.3 Å². The van der Waals surface area contributed by atoms with Gasteiger partial charge in [0, 0.05) is 34.4 Å². The van der Waals surface area contributed by atoms with Gasteiger partial charge >= 0.3 is 0 Å². The average molecular weight is 497 g/mol. The molecule has 2 heterocycles. The summed E-state index contributed by atoms with van der Waals surface area (Å²) in [5.41, 5.74) is 1.14. The molecule has 0 unspecified atom stereocenters. The summed E-state index contributed by atoms with van der Waals surface area (Å²) in [6.07, 6.45) is 2.78. The highest BCUT2D eigenvalue weighted by Crippen LogP contribution is 2.38. The lowest BCUT2D eigenvalue weighted by molar-refractivity contribution is 0.475. The summed E-state index contributed by atoms with van der Waals surface area (Å²) >= 11 is 13.1. The Hall–Kier alpha value is -2.79. The lowest BCUT2D eigenvalue weighted by Crippen LogP contribution is -2.14. The van der Waals surface area contributed by atoms with Gasteiger partial charge in [0.25, 0.3) is 10.0 Å². The van der Waals surface area contributed by atoms with Crippen molar-refractivity contribution in [2.75, 3.05) is 4.72 Å². The molecule has 0 atom stereocenters. The quantitative estimate of drug-likeness (QED) is 0.371. The van der Waals surface area contributed by atoms with Crippen LogP contribution in [0.4, 0.5) is 9.52 Å². The molecule has 0 spiro atoms. The average Bonchev–Trinajstić information content (AvgIpc) is 3.24. The van der Waals surface area contributed by atoms with Crippen LogP contribution in [0, 0.1) is 5.82 Å². The summed E-state index contributed by atoms with van der Waals surface area (Å²) in [6, 6.07) is 12.0. The summed E-state index contributed by atoms with van der Waals surface area (Å²) in [4.78, 5) is 7.34.